The number of nitrogens with two attached hydrogens (primary N) is 1. The second-order valence-corrected chi connectivity index (χ2v) is 3.52. The topological polar surface area (TPSA) is 52.3 Å². The zero-order chi connectivity index (χ0) is 10.0. The lowest BCUT2D eigenvalue weighted by molar-refractivity contribution is 0.0600. The zero-order valence-corrected chi connectivity index (χ0v) is 9.01. The summed E-state index contributed by atoms with van der Waals surface area (Å²) in [4.78, 5) is 11.2. The summed E-state index contributed by atoms with van der Waals surface area (Å²) in [5.74, 6) is -0.370. The number of methoxy groups -OCH3 is 1. The Morgan fingerprint density at radius 1 is 1.54 bits per heavy atom. The van der Waals surface area contributed by atoms with E-state index in [4.69, 9.17) is 5.73 Å². The maximum atomic E-state index is 11.2. The van der Waals surface area contributed by atoms with Crippen LogP contribution in [0.2, 0.25) is 0 Å². The van der Waals surface area contributed by atoms with Crippen molar-refractivity contribution in [1.29, 1.82) is 0 Å². The molecule has 0 amide bonds. The van der Waals surface area contributed by atoms with Gasteiger partial charge >= 0.3 is 5.97 Å². The normalized spacial score (nSPS) is 9.77. The van der Waals surface area contributed by atoms with Crippen molar-refractivity contribution in [2.75, 3.05) is 12.8 Å². The smallest absolute Gasteiger partial charge is 0.338 e. The number of nitrogen functional groups attached to an aromatic ring is 1. The summed E-state index contributed by atoms with van der Waals surface area (Å²) in [5, 5.41) is 0. The first kappa shape index (κ1) is 10.1. The van der Waals surface area contributed by atoms with Gasteiger partial charge in [0.2, 0.25) is 0 Å². The van der Waals surface area contributed by atoms with E-state index >= 15 is 0 Å². The van der Waals surface area contributed by atoms with E-state index in [-0.39, 0.29) is 5.97 Å². The number of carbonyl (C=O) groups is 1. The quantitative estimate of drug-likeness (QED) is 0.608. The summed E-state index contributed by atoms with van der Waals surface area (Å²) < 4.78 is 5.42. The van der Waals surface area contributed by atoms with E-state index in [0.717, 1.165) is 10.0 Å². The summed E-state index contributed by atoms with van der Waals surface area (Å²) in [6.45, 7) is 1.83. The zero-order valence-electron chi connectivity index (χ0n) is 7.43. The Labute approximate surface area is 85.0 Å². The number of anilines is 1. The Morgan fingerprint density at radius 3 is 2.69 bits per heavy atom. The van der Waals surface area contributed by atoms with Crippen LogP contribution < -0.4 is 5.73 Å². The van der Waals surface area contributed by atoms with Crippen LogP contribution in [0.1, 0.15) is 15.9 Å². The third-order valence-corrected chi connectivity index (χ3v) is 2.60. The van der Waals surface area contributed by atoms with Crippen molar-refractivity contribution >= 4 is 27.6 Å². The summed E-state index contributed by atoms with van der Waals surface area (Å²) in [6, 6.07) is 3.35. The maximum Gasteiger partial charge on any atom is 0.338 e. The Kier molecular flexibility index (Phi) is 2.93. The average Bonchev–Trinajstić information content (AvgIpc) is 2.10. The minimum atomic E-state index is -0.370. The highest BCUT2D eigenvalue weighted by atomic mass is 79.9. The van der Waals surface area contributed by atoms with Gasteiger partial charge in [-0.2, -0.15) is 0 Å². The monoisotopic (exact) mass is 243 g/mol. The first-order valence-electron chi connectivity index (χ1n) is 3.70. The lowest BCUT2D eigenvalue weighted by atomic mass is 10.1. The number of esters is 1. The predicted octanol–water partition coefficient (Wildman–Crippen LogP) is 2.13. The number of hydrogen-bond acceptors (Lipinski definition) is 3. The van der Waals surface area contributed by atoms with Gasteiger partial charge in [-0.15, -0.1) is 0 Å². The van der Waals surface area contributed by atoms with Crippen LogP contribution >= 0.6 is 15.9 Å². The van der Waals surface area contributed by atoms with E-state index in [2.05, 4.69) is 20.7 Å². The van der Waals surface area contributed by atoms with Crippen molar-refractivity contribution in [3.05, 3.63) is 27.7 Å². The molecule has 1 aromatic rings. The van der Waals surface area contributed by atoms with Crippen LogP contribution in [-0.2, 0) is 4.74 Å². The second kappa shape index (κ2) is 3.79. The van der Waals surface area contributed by atoms with Gasteiger partial charge in [0.1, 0.15) is 0 Å². The lowest BCUT2D eigenvalue weighted by Crippen LogP contribution is -2.05. The molecule has 70 valence electrons. The molecule has 1 aromatic carbocycles. The van der Waals surface area contributed by atoms with Crippen LogP contribution in [0, 0.1) is 6.92 Å². The van der Waals surface area contributed by atoms with Crippen LogP contribution in [0.4, 0.5) is 5.69 Å². The van der Waals surface area contributed by atoms with Gasteiger partial charge in [-0.3, -0.25) is 0 Å². The molecule has 0 unspecified atom stereocenters. The van der Waals surface area contributed by atoms with Crippen molar-refractivity contribution in [3.8, 4) is 0 Å². The minimum absolute atomic E-state index is 0.370. The van der Waals surface area contributed by atoms with Crippen LogP contribution in [0.3, 0.4) is 0 Å². The molecular weight excluding hydrogens is 234 g/mol. The molecule has 0 aliphatic rings. The van der Waals surface area contributed by atoms with Gasteiger partial charge in [-0.1, -0.05) is 15.9 Å². The molecule has 0 fully saturated rings. The highest BCUT2D eigenvalue weighted by molar-refractivity contribution is 9.10. The molecular formula is C9H10BrNO2. The number of halogens is 1. The molecule has 2 N–H and O–H groups in total. The molecule has 0 saturated heterocycles. The molecule has 0 aromatic heterocycles. The van der Waals surface area contributed by atoms with Gasteiger partial charge in [0.05, 0.1) is 12.7 Å². The molecule has 4 heteroatoms. The first-order chi connectivity index (χ1) is 6.06. The van der Waals surface area contributed by atoms with E-state index in [1.165, 1.54) is 7.11 Å². The van der Waals surface area contributed by atoms with Gasteiger partial charge in [0.15, 0.2) is 0 Å². The molecule has 0 spiro atoms. The molecule has 0 bridgehead atoms. The molecule has 3 nitrogen and oxygen atoms in total. The molecule has 0 atom stereocenters. The largest absolute Gasteiger partial charge is 0.465 e. The average molecular weight is 244 g/mol. The van der Waals surface area contributed by atoms with Crippen LogP contribution in [0.25, 0.3) is 0 Å². The Hall–Kier alpha value is -1.03. The fourth-order valence-corrected chi connectivity index (χ4v) is 1.50. The maximum absolute atomic E-state index is 11.2. The second-order valence-electron chi connectivity index (χ2n) is 2.67. The van der Waals surface area contributed by atoms with Gasteiger partial charge in [-0.25, -0.2) is 4.79 Å². The Balaban J connectivity index is 3.28. The number of hydrogen-bond donors (Lipinski definition) is 1. The van der Waals surface area contributed by atoms with Crippen molar-refractivity contribution in [3.63, 3.8) is 0 Å². The molecule has 0 saturated carbocycles. The number of benzene rings is 1. The van der Waals surface area contributed by atoms with E-state index in [1.807, 2.05) is 6.92 Å². The highest BCUT2D eigenvalue weighted by Gasteiger charge is 2.11. The van der Waals surface area contributed by atoms with Crippen molar-refractivity contribution in [2.24, 2.45) is 0 Å². The SMILES string of the molecule is COC(=O)c1cc(N)cc(Br)c1C. The summed E-state index contributed by atoms with van der Waals surface area (Å²) in [7, 11) is 1.35. The Bertz CT molecular complexity index is 350. The molecule has 0 aliphatic heterocycles. The summed E-state index contributed by atoms with van der Waals surface area (Å²) in [6.07, 6.45) is 0. The van der Waals surface area contributed by atoms with Gasteiger partial charge in [-0.05, 0) is 24.6 Å². The van der Waals surface area contributed by atoms with E-state index in [1.54, 1.807) is 12.1 Å². The standard InChI is InChI=1S/C9H10BrNO2/c1-5-7(9(12)13-2)3-6(11)4-8(5)10/h3-4H,11H2,1-2H3. The van der Waals surface area contributed by atoms with Crippen LogP contribution in [0.5, 0.6) is 0 Å². The molecule has 0 heterocycles. The fourth-order valence-electron chi connectivity index (χ4n) is 1.02. The predicted molar refractivity (Wildman–Crippen MR) is 54.6 cm³/mol. The summed E-state index contributed by atoms with van der Waals surface area (Å²) >= 11 is 3.31. The van der Waals surface area contributed by atoms with Crippen molar-refractivity contribution < 1.29 is 9.53 Å². The molecule has 13 heavy (non-hydrogen) atoms. The van der Waals surface area contributed by atoms with Crippen molar-refractivity contribution in [1.82, 2.24) is 0 Å². The van der Waals surface area contributed by atoms with Gasteiger partial charge in [0, 0.05) is 10.2 Å². The third kappa shape index (κ3) is 2.01. The number of carbonyl (C=O) groups excluding carboxylic acids is 1. The van der Waals surface area contributed by atoms with Gasteiger partial charge in [0.25, 0.3) is 0 Å². The number of ether oxygens (including phenoxy) is 1. The fraction of sp³-hybridized carbons (Fsp3) is 0.222. The summed E-state index contributed by atoms with van der Waals surface area (Å²) in [5.41, 5.74) is 7.45. The molecule has 0 aliphatic carbocycles. The van der Waals surface area contributed by atoms with Gasteiger partial charge < -0.3 is 10.5 Å². The minimum Gasteiger partial charge on any atom is -0.465 e. The van der Waals surface area contributed by atoms with E-state index < -0.39 is 0 Å². The van der Waals surface area contributed by atoms with Crippen LogP contribution in [0.15, 0.2) is 16.6 Å². The van der Waals surface area contributed by atoms with E-state index in [0.29, 0.717) is 11.3 Å². The first-order valence-corrected chi connectivity index (χ1v) is 4.49. The Morgan fingerprint density at radius 2 is 2.15 bits per heavy atom. The van der Waals surface area contributed by atoms with Crippen LogP contribution in [-0.4, -0.2) is 13.1 Å². The van der Waals surface area contributed by atoms with E-state index in [9.17, 15) is 4.79 Å². The number of rotatable bonds is 1. The molecule has 1 rings (SSSR count). The lowest BCUT2D eigenvalue weighted by Gasteiger charge is -2.06. The molecule has 0 radical (unpaired) electrons. The van der Waals surface area contributed by atoms with Crippen molar-refractivity contribution in [2.45, 2.75) is 6.92 Å². The third-order valence-electron chi connectivity index (χ3n) is 1.77. The highest BCUT2D eigenvalue weighted by Crippen LogP contribution is 2.23.